The molecule has 4 heterocycles. The lowest BCUT2D eigenvalue weighted by Crippen LogP contribution is -2.47. The Balaban J connectivity index is 1.29. The monoisotopic (exact) mass is 344 g/mol. The third-order valence-electron chi connectivity index (χ3n) is 5.13. The molecule has 0 aromatic carbocycles. The van der Waals surface area contributed by atoms with E-state index in [0.29, 0.717) is 12.6 Å². The number of nitrogens with one attached hydrogen (secondary N) is 1. The minimum absolute atomic E-state index is 0.0463. The summed E-state index contributed by atoms with van der Waals surface area (Å²) in [7, 11) is 0. The van der Waals surface area contributed by atoms with Crippen LogP contribution in [0.4, 0.5) is 0 Å². The minimum Gasteiger partial charge on any atom is -0.467 e. The molecule has 1 N–H and O–H groups in total. The van der Waals surface area contributed by atoms with Crippen LogP contribution in [0.3, 0.4) is 0 Å². The highest BCUT2D eigenvalue weighted by molar-refractivity contribution is 5.80. The molecule has 2 saturated heterocycles. The fraction of sp³-hybridized carbons (Fsp3) is 0.526. The van der Waals surface area contributed by atoms with Crippen LogP contribution in [0.2, 0.25) is 0 Å². The van der Waals surface area contributed by atoms with Crippen LogP contribution < -0.4 is 5.32 Å². The Kier molecular flexibility index (Phi) is 4.63. The number of fused-ring (bicyclic) bond motifs is 1. The summed E-state index contributed by atoms with van der Waals surface area (Å²) in [5, 5.41) is 2.90. The molecule has 6 heteroatoms. The fourth-order valence-corrected chi connectivity index (χ4v) is 3.88. The summed E-state index contributed by atoms with van der Waals surface area (Å²) in [6, 6.07) is 8.08. The van der Waals surface area contributed by atoms with Crippen molar-refractivity contribution in [2.75, 3.05) is 6.54 Å². The topological polar surface area (TPSA) is 67.8 Å². The van der Waals surface area contributed by atoms with E-state index in [-0.39, 0.29) is 18.1 Å². The van der Waals surface area contributed by atoms with E-state index in [4.69, 9.17) is 13.6 Å². The third-order valence-corrected chi connectivity index (χ3v) is 5.13. The molecule has 0 spiro atoms. The Morgan fingerprint density at radius 2 is 2.16 bits per heavy atom. The lowest BCUT2D eigenvalue weighted by molar-refractivity contribution is -0.144. The van der Waals surface area contributed by atoms with Crippen molar-refractivity contribution >= 4 is 5.91 Å². The van der Waals surface area contributed by atoms with Crippen LogP contribution in [-0.4, -0.2) is 35.6 Å². The maximum Gasteiger partial charge on any atom is 0.249 e. The molecule has 3 atom stereocenters. The van der Waals surface area contributed by atoms with Gasteiger partial charge in [-0.05, 0) is 50.5 Å². The van der Waals surface area contributed by atoms with Crippen molar-refractivity contribution in [3.05, 3.63) is 47.8 Å². The van der Waals surface area contributed by atoms with Gasteiger partial charge in [-0.3, -0.25) is 9.69 Å². The average molecular weight is 344 g/mol. The van der Waals surface area contributed by atoms with Crippen molar-refractivity contribution in [1.82, 2.24) is 10.2 Å². The average Bonchev–Trinajstić information content (AvgIpc) is 3.35. The number of rotatable bonds is 5. The summed E-state index contributed by atoms with van der Waals surface area (Å²) >= 11 is 0. The van der Waals surface area contributed by atoms with Gasteiger partial charge >= 0.3 is 0 Å². The zero-order valence-electron chi connectivity index (χ0n) is 14.4. The summed E-state index contributed by atoms with van der Waals surface area (Å²) in [6.45, 7) is 4.17. The Morgan fingerprint density at radius 3 is 2.92 bits per heavy atom. The number of amides is 1. The molecule has 134 valence electrons. The van der Waals surface area contributed by atoms with Gasteiger partial charge in [-0.1, -0.05) is 0 Å². The molecule has 0 aliphatic carbocycles. The van der Waals surface area contributed by atoms with Gasteiger partial charge < -0.3 is 18.9 Å². The smallest absolute Gasteiger partial charge is 0.249 e. The normalized spacial score (nSPS) is 26.5. The van der Waals surface area contributed by atoms with E-state index in [1.54, 1.807) is 6.26 Å². The second-order valence-corrected chi connectivity index (χ2v) is 6.88. The number of likely N-dealkylation sites (tertiary alicyclic amines) is 1. The molecule has 1 amide bonds. The summed E-state index contributed by atoms with van der Waals surface area (Å²) in [5.74, 6) is 2.65. The molecule has 2 aliphatic rings. The molecule has 2 aromatic rings. The van der Waals surface area contributed by atoms with Crippen LogP contribution in [0.15, 0.2) is 39.4 Å². The Bertz CT molecular complexity index is 709. The number of hydrogen-bond acceptors (Lipinski definition) is 5. The lowest BCUT2D eigenvalue weighted by Gasteiger charge is -2.35. The Morgan fingerprint density at radius 1 is 1.24 bits per heavy atom. The number of carbonyl (C=O) groups excluding carboxylic acids is 1. The van der Waals surface area contributed by atoms with Gasteiger partial charge in [0.15, 0.2) is 0 Å². The number of furan rings is 2. The molecule has 6 nitrogen and oxygen atoms in total. The van der Waals surface area contributed by atoms with Gasteiger partial charge in [0.1, 0.15) is 23.4 Å². The van der Waals surface area contributed by atoms with Gasteiger partial charge in [0.05, 0.1) is 25.5 Å². The molecule has 2 aliphatic heterocycles. The molecule has 2 aromatic heterocycles. The van der Waals surface area contributed by atoms with Crippen LogP contribution in [0.5, 0.6) is 0 Å². The molecule has 0 unspecified atom stereocenters. The summed E-state index contributed by atoms with van der Waals surface area (Å²) in [4.78, 5) is 14.8. The molecule has 0 radical (unpaired) electrons. The van der Waals surface area contributed by atoms with Gasteiger partial charge in [-0.25, -0.2) is 0 Å². The lowest BCUT2D eigenvalue weighted by atomic mass is 9.98. The number of carbonyl (C=O) groups is 1. The van der Waals surface area contributed by atoms with Crippen molar-refractivity contribution in [3.63, 3.8) is 0 Å². The van der Waals surface area contributed by atoms with Crippen LogP contribution in [0.1, 0.15) is 36.5 Å². The summed E-state index contributed by atoms with van der Waals surface area (Å²) in [5.41, 5.74) is 0. The van der Waals surface area contributed by atoms with Crippen LogP contribution in [0.25, 0.3) is 0 Å². The summed E-state index contributed by atoms with van der Waals surface area (Å²) in [6.07, 6.45) is 4.07. The van der Waals surface area contributed by atoms with E-state index in [9.17, 15) is 4.79 Å². The van der Waals surface area contributed by atoms with E-state index < -0.39 is 0 Å². The molecule has 4 rings (SSSR count). The molecular formula is C19H24N2O4. The highest BCUT2D eigenvalue weighted by atomic mass is 16.5. The first-order chi connectivity index (χ1) is 12.2. The van der Waals surface area contributed by atoms with E-state index in [0.717, 1.165) is 49.6 Å². The van der Waals surface area contributed by atoms with E-state index in [2.05, 4.69) is 10.2 Å². The first-order valence-electron chi connectivity index (χ1n) is 8.94. The predicted octanol–water partition coefficient (Wildman–Crippen LogP) is 2.62. The minimum atomic E-state index is -0.359. The second kappa shape index (κ2) is 7.06. The van der Waals surface area contributed by atoms with Crippen molar-refractivity contribution in [2.24, 2.45) is 0 Å². The SMILES string of the molecule is Cc1ccc(CN2CC[C@H]3O[C@@H](C(=O)NCc4ccco4)CC[C@H]32)o1. The molecule has 0 bridgehead atoms. The van der Waals surface area contributed by atoms with Gasteiger partial charge in [0, 0.05) is 12.6 Å². The van der Waals surface area contributed by atoms with Crippen LogP contribution in [-0.2, 0) is 22.6 Å². The Labute approximate surface area is 147 Å². The van der Waals surface area contributed by atoms with E-state index in [1.807, 2.05) is 31.2 Å². The number of hydrogen-bond donors (Lipinski definition) is 1. The fourth-order valence-electron chi connectivity index (χ4n) is 3.88. The maximum absolute atomic E-state index is 12.4. The molecule has 25 heavy (non-hydrogen) atoms. The summed E-state index contributed by atoms with van der Waals surface area (Å²) < 4.78 is 17.0. The molecule has 2 fully saturated rings. The maximum atomic E-state index is 12.4. The first-order valence-corrected chi connectivity index (χ1v) is 8.94. The standard InChI is InChI=1S/C19H24N2O4/c1-13-4-5-15(24-13)12-21-9-8-17-16(21)6-7-18(25-17)19(22)20-11-14-3-2-10-23-14/h2-5,10,16-18H,6-9,11-12H2,1H3,(H,20,22)/t16-,17-,18-/m1/s1. The predicted molar refractivity (Wildman–Crippen MR) is 90.7 cm³/mol. The van der Waals surface area contributed by atoms with E-state index >= 15 is 0 Å². The number of ether oxygens (including phenoxy) is 1. The highest BCUT2D eigenvalue weighted by Crippen LogP contribution is 2.32. The zero-order chi connectivity index (χ0) is 17.2. The van der Waals surface area contributed by atoms with Gasteiger partial charge in [-0.15, -0.1) is 0 Å². The van der Waals surface area contributed by atoms with Crippen molar-refractivity contribution in [2.45, 2.75) is 57.5 Å². The van der Waals surface area contributed by atoms with E-state index in [1.165, 1.54) is 0 Å². The second-order valence-electron chi connectivity index (χ2n) is 6.88. The van der Waals surface area contributed by atoms with Crippen molar-refractivity contribution in [3.8, 4) is 0 Å². The zero-order valence-corrected chi connectivity index (χ0v) is 14.4. The molecular weight excluding hydrogens is 320 g/mol. The highest BCUT2D eigenvalue weighted by Gasteiger charge is 2.41. The third kappa shape index (κ3) is 3.65. The van der Waals surface area contributed by atoms with Crippen molar-refractivity contribution < 1.29 is 18.4 Å². The van der Waals surface area contributed by atoms with Crippen LogP contribution in [0, 0.1) is 6.92 Å². The number of aryl methyl sites for hydroxylation is 1. The quantitative estimate of drug-likeness (QED) is 0.903. The largest absolute Gasteiger partial charge is 0.467 e. The number of nitrogens with zero attached hydrogens (tertiary/aromatic N) is 1. The Hall–Kier alpha value is -2.05. The molecule has 0 saturated carbocycles. The van der Waals surface area contributed by atoms with Crippen molar-refractivity contribution in [1.29, 1.82) is 0 Å². The first kappa shape index (κ1) is 16.4. The van der Waals surface area contributed by atoms with Gasteiger partial charge in [0.25, 0.3) is 0 Å². The van der Waals surface area contributed by atoms with Crippen LogP contribution >= 0.6 is 0 Å². The van der Waals surface area contributed by atoms with Gasteiger partial charge in [0.2, 0.25) is 5.91 Å². The van der Waals surface area contributed by atoms with Gasteiger partial charge in [-0.2, -0.15) is 0 Å².